The van der Waals surface area contributed by atoms with Crippen molar-refractivity contribution in [1.29, 1.82) is 0 Å². The lowest BCUT2D eigenvalue weighted by Gasteiger charge is -2.26. The molecule has 3 aromatic carbocycles. The van der Waals surface area contributed by atoms with Crippen molar-refractivity contribution in [3.63, 3.8) is 0 Å². The van der Waals surface area contributed by atoms with Gasteiger partial charge >= 0.3 is 6.09 Å². The molecule has 0 saturated carbocycles. The number of carbonyl (C=O) groups is 1. The molecule has 0 fully saturated rings. The van der Waals surface area contributed by atoms with Gasteiger partial charge in [0.05, 0.1) is 0 Å². The van der Waals surface area contributed by atoms with Crippen LogP contribution >= 0.6 is 37.2 Å². The molecule has 3 aromatic rings. The van der Waals surface area contributed by atoms with E-state index in [-0.39, 0.29) is 54.4 Å². The summed E-state index contributed by atoms with van der Waals surface area (Å²) in [6.45, 7) is 11.0. The minimum Gasteiger partial charge on any atom is -0.410 e. The fourth-order valence-corrected chi connectivity index (χ4v) is 4.93. The Bertz CT molecular complexity index is 1320. The molecule has 6 nitrogen and oxygen atoms in total. The van der Waals surface area contributed by atoms with Gasteiger partial charge in [-0.2, -0.15) is 0 Å². The van der Waals surface area contributed by atoms with Crippen molar-refractivity contribution in [2.45, 2.75) is 70.9 Å². The third-order valence-electron chi connectivity index (χ3n) is 7.22. The zero-order chi connectivity index (χ0) is 27.3. The second kappa shape index (κ2) is 16.0. The summed E-state index contributed by atoms with van der Waals surface area (Å²) >= 11 is 0. The molecule has 9 heteroatoms. The number of nitrogens with two attached hydrogens (primary N) is 2. The number of nitrogens with zero attached hydrogens (tertiary/aromatic N) is 1. The first-order valence-electron chi connectivity index (χ1n) is 13.9. The molecule has 0 spiro atoms. The molecule has 1 aliphatic rings. The molecular weight excluding hydrogens is 579 g/mol. The fourth-order valence-electron chi connectivity index (χ4n) is 4.93. The second-order valence-corrected chi connectivity index (χ2v) is 12.1. The average Bonchev–Trinajstić information content (AvgIpc) is 3.33. The number of fused-ring (bicyclic) bond motifs is 5. The Kier molecular flexibility index (Phi) is 14.4. The molecule has 5 N–H and O–H groups in total. The van der Waals surface area contributed by atoms with Crippen LogP contribution in [0.5, 0.6) is 5.75 Å². The molecule has 228 valence electrons. The van der Waals surface area contributed by atoms with E-state index in [1.807, 2.05) is 39.8 Å². The Morgan fingerprint density at radius 3 is 2.24 bits per heavy atom. The average molecular weight is 626 g/mol. The summed E-state index contributed by atoms with van der Waals surface area (Å²) in [6, 6.07) is 14.6. The Morgan fingerprint density at radius 2 is 1.54 bits per heavy atom. The van der Waals surface area contributed by atoms with Crippen molar-refractivity contribution in [3.8, 4) is 5.75 Å². The SMILES string of the molecule is CC(C)(N)CCNCCCCN(CCC(C)(C)N)C(=O)Oc1ccc2c(ccc3c4c(ccc32)C=CC4)c1.Cl.Cl.Cl. The van der Waals surface area contributed by atoms with Crippen LogP contribution in [0.4, 0.5) is 4.79 Å². The van der Waals surface area contributed by atoms with Crippen LogP contribution in [0.15, 0.2) is 48.5 Å². The van der Waals surface area contributed by atoms with Gasteiger partial charge in [0.15, 0.2) is 0 Å². The lowest BCUT2D eigenvalue weighted by atomic mass is 9.96. The van der Waals surface area contributed by atoms with E-state index in [1.165, 1.54) is 27.3 Å². The highest BCUT2D eigenvalue weighted by molar-refractivity contribution is 6.10. The van der Waals surface area contributed by atoms with Crippen LogP contribution in [-0.4, -0.2) is 48.3 Å². The minimum absolute atomic E-state index is 0. The van der Waals surface area contributed by atoms with E-state index in [0.717, 1.165) is 44.2 Å². The van der Waals surface area contributed by atoms with E-state index in [1.54, 1.807) is 4.90 Å². The quantitative estimate of drug-likeness (QED) is 0.146. The van der Waals surface area contributed by atoms with Crippen molar-refractivity contribution < 1.29 is 9.53 Å². The normalized spacial score (nSPS) is 12.3. The lowest BCUT2D eigenvalue weighted by Crippen LogP contribution is -2.41. The zero-order valence-corrected chi connectivity index (χ0v) is 27.2. The van der Waals surface area contributed by atoms with Gasteiger partial charge in [0.1, 0.15) is 5.75 Å². The van der Waals surface area contributed by atoms with Gasteiger partial charge in [0.25, 0.3) is 0 Å². The third-order valence-corrected chi connectivity index (χ3v) is 7.22. The van der Waals surface area contributed by atoms with Gasteiger partial charge in [0, 0.05) is 24.2 Å². The van der Waals surface area contributed by atoms with Crippen molar-refractivity contribution in [2.24, 2.45) is 11.5 Å². The standard InChI is InChI=1S/C32H44N4O2.3ClH/c1-31(2,33)16-19-35-18-5-6-20-36(21-17-32(3,4)34)30(37)38-25-12-15-27-24(22-25)11-14-28-26-9-7-8-23(26)10-13-29(27)28;;;/h7-8,10-15,22,35H,5-6,9,16-21,33-34H2,1-4H3;3*1H. The second-order valence-electron chi connectivity index (χ2n) is 12.1. The predicted molar refractivity (Wildman–Crippen MR) is 181 cm³/mol. The Labute approximate surface area is 263 Å². The molecule has 0 unspecified atom stereocenters. The maximum Gasteiger partial charge on any atom is 0.415 e. The highest BCUT2D eigenvalue weighted by atomic mass is 35.5. The van der Waals surface area contributed by atoms with Gasteiger partial charge in [-0.25, -0.2) is 4.79 Å². The molecule has 0 aliphatic heterocycles. The Hall–Kier alpha value is -2.06. The summed E-state index contributed by atoms with van der Waals surface area (Å²) in [7, 11) is 0. The molecule has 1 aliphatic carbocycles. The van der Waals surface area contributed by atoms with Crippen LogP contribution in [0.2, 0.25) is 0 Å². The molecule has 0 atom stereocenters. The van der Waals surface area contributed by atoms with E-state index in [4.69, 9.17) is 16.2 Å². The first kappa shape index (κ1) is 37.0. The van der Waals surface area contributed by atoms with Crippen LogP contribution in [0.25, 0.3) is 27.6 Å². The third kappa shape index (κ3) is 10.6. The number of hydrogen-bond donors (Lipinski definition) is 3. The summed E-state index contributed by atoms with van der Waals surface area (Å²) in [6.07, 6.45) is 8.56. The first-order chi connectivity index (χ1) is 18.0. The van der Waals surface area contributed by atoms with E-state index in [2.05, 4.69) is 47.8 Å². The molecule has 0 heterocycles. The van der Waals surface area contributed by atoms with Gasteiger partial charge in [-0.3, -0.25) is 0 Å². The molecule has 1 amide bonds. The van der Waals surface area contributed by atoms with Gasteiger partial charge in [0.2, 0.25) is 0 Å². The predicted octanol–water partition coefficient (Wildman–Crippen LogP) is 7.25. The number of halogens is 3. The minimum atomic E-state index is -0.352. The van der Waals surface area contributed by atoms with E-state index < -0.39 is 0 Å². The van der Waals surface area contributed by atoms with Gasteiger partial charge in [-0.05, 0) is 118 Å². The number of allylic oxidation sites excluding steroid dienone is 1. The summed E-state index contributed by atoms with van der Waals surface area (Å²) in [4.78, 5) is 15.0. The van der Waals surface area contributed by atoms with Crippen LogP contribution in [0.1, 0.15) is 64.5 Å². The largest absolute Gasteiger partial charge is 0.415 e. The first-order valence-corrected chi connectivity index (χ1v) is 13.9. The summed E-state index contributed by atoms with van der Waals surface area (Å²) in [5.41, 5.74) is 14.4. The Morgan fingerprint density at radius 1 is 0.854 bits per heavy atom. The zero-order valence-electron chi connectivity index (χ0n) is 24.7. The van der Waals surface area contributed by atoms with Crippen molar-refractivity contribution >= 4 is 70.9 Å². The monoisotopic (exact) mass is 624 g/mol. The van der Waals surface area contributed by atoms with Crippen LogP contribution in [0, 0.1) is 0 Å². The van der Waals surface area contributed by atoms with E-state index in [9.17, 15) is 4.79 Å². The molecule has 41 heavy (non-hydrogen) atoms. The molecule has 0 bridgehead atoms. The number of benzene rings is 3. The number of nitrogens with one attached hydrogen (secondary N) is 1. The molecular formula is C32H47Cl3N4O2. The molecule has 0 aromatic heterocycles. The molecule has 0 radical (unpaired) electrons. The van der Waals surface area contributed by atoms with Gasteiger partial charge in [-0.1, -0.05) is 42.5 Å². The maximum atomic E-state index is 13.2. The van der Waals surface area contributed by atoms with Gasteiger partial charge in [-0.15, -0.1) is 37.2 Å². The smallest absolute Gasteiger partial charge is 0.410 e. The van der Waals surface area contributed by atoms with Crippen LogP contribution in [-0.2, 0) is 6.42 Å². The lowest BCUT2D eigenvalue weighted by molar-refractivity contribution is 0.147. The molecule has 4 rings (SSSR count). The summed E-state index contributed by atoms with van der Waals surface area (Å²) < 4.78 is 5.88. The topological polar surface area (TPSA) is 93.6 Å². The highest BCUT2D eigenvalue weighted by Gasteiger charge is 2.20. The maximum absolute atomic E-state index is 13.2. The van der Waals surface area contributed by atoms with Crippen LogP contribution < -0.4 is 21.5 Å². The fraction of sp³-hybridized carbons (Fsp3) is 0.469. The number of ether oxygens (including phenoxy) is 1. The van der Waals surface area contributed by atoms with E-state index in [0.29, 0.717) is 25.3 Å². The highest BCUT2D eigenvalue weighted by Crippen LogP contribution is 2.34. The summed E-state index contributed by atoms with van der Waals surface area (Å²) in [5.74, 6) is 0.563. The van der Waals surface area contributed by atoms with Gasteiger partial charge < -0.3 is 26.4 Å². The number of rotatable bonds is 12. The van der Waals surface area contributed by atoms with Crippen molar-refractivity contribution in [2.75, 3.05) is 26.2 Å². The molecule has 0 saturated heterocycles. The number of hydrogen-bond acceptors (Lipinski definition) is 5. The van der Waals surface area contributed by atoms with E-state index >= 15 is 0 Å². The van der Waals surface area contributed by atoms with Crippen molar-refractivity contribution in [3.05, 3.63) is 59.7 Å². The summed E-state index contributed by atoms with van der Waals surface area (Å²) in [5, 5.41) is 8.21. The van der Waals surface area contributed by atoms with Crippen LogP contribution in [0.3, 0.4) is 0 Å². The van der Waals surface area contributed by atoms with Crippen molar-refractivity contribution in [1.82, 2.24) is 10.2 Å². The Balaban J connectivity index is 0.00000280. The number of unbranched alkanes of at least 4 members (excludes halogenated alkanes) is 1. The number of carbonyl (C=O) groups excluding carboxylic acids is 1. The number of amides is 1.